The van der Waals surface area contributed by atoms with Crippen molar-refractivity contribution < 1.29 is 9.18 Å². The second-order valence-electron chi connectivity index (χ2n) is 6.20. The van der Waals surface area contributed by atoms with Crippen LogP contribution >= 0.6 is 11.6 Å². The number of rotatable bonds is 5. The van der Waals surface area contributed by atoms with Crippen molar-refractivity contribution >= 4 is 23.2 Å². The van der Waals surface area contributed by atoms with Gasteiger partial charge < -0.3 is 5.32 Å². The monoisotopic (exact) mass is 395 g/mol. The van der Waals surface area contributed by atoms with Crippen LogP contribution in [-0.4, -0.2) is 25.7 Å². The molecule has 4 aromatic rings. The minimum atomic E-state index is -0.368. The van der Waals surface area contributed by atoms with Gasteiger partial charge in [-0.05, 0) is 42.0 Å². The number of halogens is 2. The molecule has 2 heterocycles. The van der Waals surface area contributed by atoms with Crippen LogP contribution in [0.15, 0.2) is 60.7 Å². The van der Waals surface area contributed by atoms with Crippen LogP contribution in [0.2, 0.25) is 5.02 Å². The van der Waals surface area contributed by atoms with E-state index in [1.807, 2.05) is 24.3 Å². The molecule has 4 rings (SSSR count). The van der Waals surface area contributed by atoms with Crippen LogP contribution in [0.4, 0.5) is 4.39 Å². The number of hydrogen-bond donors (Lipinski definition) is 1. The van der Waals surface area contributed by atoms with Gasteiger partial charge in [-0.25, -0.2) is 4.39 Å². The van der Waals surface area contributed by atoms with E-state index in [1.54, 1.807) is 28.8 Å². The first-order valence-electron chi connectivity index (χ1n) is 8.57. The van der Waals surface area contributed by atoms with Crippen LogP contribution < -0.4 is 5.32 Å². The SMILES string of the molecule is O=C(Cc1cccc(F)c1)NCc1nnc2ccc(-c3ccc(Cl)cc3)nn12. The largest absolute Gasteiger partial charge is 0.348 e. The van der Waals surface area contributed by atoms with Crippen molar-refractivity contribution in [1.82, 2.24) is 25.1 Å². The standard InChI is InChI=1S/C20H15ClFN5O/c21-15-6-4-14(5-7-15)17-8-9-18-24-25-19(27(18)26-17)12-23-20(28)11-13-2-1-3-16(22)10-13/h1-10H,11-12H2,(H,23,28). The fraction of sp³-hybridized carbons (Fsp3) is 0.100. The zero-order valence-electron chi connectivity index (χ0n) is 14.6. The number of nitrogens with one attached hydrogen (secondary N) is 1. The number of benzene rings is 2. The third-order valence-electron chi connectivity index (χ3n) is 4.16. The molecular formula is C20H15ClFN5O. The van der Waals surface area contributed by atoms with Crippen molar-refractivity contribution in [2.75, 3.05) is 0 Å². The quantitative estimate of drug-likeness (QED) is 0.562. The van der Waals surface area contributed by atoms with Crippen LogP contribution in [0.25, 0.3) is 16.9 Å². The predicted octanol–water partition coefficient (Wildman–Crippen LogP) is 3.44. The highest BCUT2D eigenvalue weighted by Gasteiger charge is 2.11. The van der Waals surface area contributed by atoms with Crippen LogP contribution in [0.1, 0.15) is 11.4 Å². The molecule has 0 aliphatic heterocycles. The van der Waals surface area contributed by atoms with Gasteiger partial charge in [0.1, 0.15) is 5.82 Å². The Morgan fingerprint density at radius 2 is 1.89 bits per heavy atom. The smallest absolute Gasteiger partial charge is 0.224 e. The summed E-state index contributed by atoms with van der Waals surface area (Å²) in [6.07, 6.45) is 0.0813. The average Bonchev–Trinajstić information content (AvgIpc) is 3.09. The first kappa shape index (κ1) is 18.1. The van der Waals surface area contributed by atoms with E-state index in [1.165, 1.54) is 12.1 Å². The molecule has 0 aliphatic rings. The molecule has 2 aromatic carbocycles. The van der Waals surface area contributed by atoms with Gasteiger partial charge in [0.25, 0.3) is 0 Å². The highest BCUT2D eigenvalue weighted by atomic mass is 35.5. The van der Waals surface area contributed by atoms with E-state index in [2.05, 4.69) is 20.6 Å². The minimum Gasteiger partial charge on any atom is -0.348 e. The Labute approximate surface area is 165 Å². The van der Waals surface area contributed by atoms with E-state index in [0.29, 0.717) is 22.1 Å². The molecule has 0 bridgehead atoms. The lowest BCUT2D eigenvalue weighted by Crippen LogP contribution is -2.25. The Morgan fingerprint density at radius 3 is 2.68 bits per heavy atom. The summed E-state index contributed by atoms with van der Waals surface area (Å²) in [6.45, 7) is 0.159. The third-order valence-corrected chi connectivity index (χ3v) is 4.42. The number of amides is 1. The number of carbonyl (C=O) groups excluding carboxylic acids is 1. The molecule has 0 aliphatic carbocycles. The average molecular weight is 396 g/mol. The lowest BCUT2D eigenvalue weighted by molar-refractivity contribution is -0.120. The fourth-order valence-electron chi connectivity index (χ4n) is 2.79. The van der Waals surface area contributed by atoms with Gasteiger partial charge in [-0.3, -0.25) is 4.79 Å². The Hall–Kier alpha value is -3.32. The van der Waals surface area contributed by atoms with Gasteiger partial charge >= 0.3 is 0 Å². The summed E-state index contributed by atoms with van der Waals surface area (Å²) in [5, 5.41) is 16.1. The summed E-state index contributed by atoms with van der Waals surface area (Å²) in [4.78, 5) is 12.2. The van der Waals surface area contributed by atoms with Gasteiger partial charge in [0.2, 0.25) is 5.91 Å². The van der Waals surface area contributed by atoms with Gasteiger partial charge in [0.15, 0.2) is 11.5 Å². The molecule has 0 saturated heterocycles. The van der Waals surface area contributed by atoms with Gasteiger partial charge in [0.05, 0.1) is 18.7 Å². The molecule has 0 saturated carbocycles. The van der Waals surface area contributed by atoms with Gasteiger partial charge in [-0.2, -0.15) is 9.61 Å². The summed E-state index contributed by atoms with van der Waals surface area (Å²) in [5.74, 6) is -0.109. The molecule has 0 fully saturated rings. The predicted molar refractivity (Wildman–Crippen MR) is 103 cm³/mol. The van der Waals surface area contributed by atoms with E-state index in [4.69, 9.17) is 11.6 Å². The maximum atomic E-state index is 13.2. The lowest BCUT2D eigenvalue weighted by atomic mass is 10.1. The van der Waals surface area contributed by atoms with E-state index < -0.39 is 0 Å². The Bertz CT molecular complexity index is 1140. The first-order valence-corrected chi connectivity index (χ1v) is 8.95. The van der Waals surface area contributed by atoms with E-state index in [-0.39, 0.29) is 24.7 Å². The number of hydrogen-bond acceptors (Lipinski definition) is 4. The van der Waals surface area contributed by atoms with E-state index >= 15 is 0 Å². The second-order valence-corrected chi connectivity index (χ2v) is 6.63. The number of nitrogens with zero attached hydrogens (tertiary/aromatic N) is 4. The van der Waals surface area contributed by atoms with Crippen molar-refractivity contribution in [3.63, 3.8) is 0 Å². The molecule has 0 unspecified atom stereocenters. The zero-order chi connectivity index (χ0) is 19.5. The van der Waals surface area contributed by atoms with Crippen molar-refractivity contribution in [2.24, 2.45) is 0 Å². The van der Waals surface area contributed by atoms with Gasteiger partial charge in [-0.15, -0.1) is 10.2 Å². The third kappa shape index (κ3) is 3.99. The molecule has 0 spiro atoms. The summed E-state index contributed by atoms with van der Waals surface area (Å²) < 4.78 is 14.8. The van der Waals surface area contributed by atoms with E-state index in [9.17, 15) is 9.18 Å². The van der Waals surface area contributed by atoms with E-state index in [0.717, 1.165) is 11.3 Å². The fourth-order valence-corrected chi connectivity index (χ4v) is 2.92. The summed E-state index contributed by atoms with van der Waals surface area (Å²) >= 11 is 5.93. The van der Waals surface area contributed by atoms with Crippen LogP contribution in [0, 0.1) is 5.82 Å². The van der Waals surface area contributed by atoms with Crippen molar-refractivity contribution in [3.8, 4) is 11.3 Å². The van der Waals surface area contributed by atoms with Crippen molar-refractivity contribution in [3.05, 3.63) is 82.9 Å². The Kier molecular flexibility index (Phi) is 4.99. The van der Waals surface area contributed by atoms with Crippen molar-refractivity contribution in [1.29, 1.82) is 0 Å². The summed E-state index contributed by atoms with van der Waals surface area (Å²) in [7, 11) is 0. The van der Waals surface area contributed by atoms with Crippen LogP contribution in [0.5, 0.6) is 0 Å². The zero-order valence-corrected chi connectivity index (χ0v) is 15.4. The first-order chi connectivity index (χ1) is 13.6. The summed E-state index contributed by atoms with van der Waals surface area (Å²) in [6, 6.07) is 17.0. The molecule has 1 N–H and O–H groups in total. The Balaban J connectivity index is 1.50. The normalized spacial score (nSPS) is 10.9. The van der Waals surface area contributed by atoms with Gasteiger partial charge in [0, 0.05) is 10.6 Å². The molecule has 140 valence electrons. The topological polar surface area (TPSA) is 72.2 Å². The summed E-state index contributed by atoms with van der Waals surface area (Å²) in [5.41, 5.74) is 2.82. The molecule has 6 nitrogen and oxygen atoms in total. The molecule has 0 radical (unpaired) electrons. The van der Waals surface area contributed by atoms with Crippen LogP contribution in [-0.2, 0) is 17.8 Å². The number of aromatic nitrogens is 4. The van der Waals surface area contributed by atoms with Gasteiger partial charge in [-0.1, -0.05) is 35.9 Å². The molecule has 1 amide bonds. The Morgan fingerprint density at radius 1 is 1.07 bits per heavy atom. The van der Waals surface area contributed by atoms with Crippen molar-refractivity contribution in [2.45, 2.75) is 13.0 Å². The number of carbonyl (C=O) groups is 1. The molecular weight excluding hydrogens is 381 g/mol. The van der Waals surface area contributed by atoms with Crippen LogP contribution in [0.3, 0.4) is 0 Å². The highest BCUT2D eigenvalue weighted by molar-refractivity contribution is 6.30. The molecule has 28 heavy (non-hydrogen) atoms. The molecule has 8 heteroatoms. The lowest BCUT2D eigenvalue weighted by Gasteiger charge is -2.06. The number of fused-ring (bicyclic) bond motifs is 1. The highest BCUT2D eigenvalue weighted by Crippen LogP contribution is 2.20. The maximum Gasteiger partial charge on any atom is 0.224 e. The maximum absolute atomic E-state index is 13.2. The minimum absolute atomic E-state index is 0.0813. The molecule has 2 aromatic heterocycles. The molecule has 0 atom stereocenters. The second kappa shape index (κ2) is 7.74.